The number of nitrogens with zero attached hydrogens (tertiary/aromatic N) is 2. The van der Waals surface area contributed by atoms with Crippen LogP contribution in [0, 0.1) is 6.92 Å². The smallest absolute Gasteiger partial charge is 0.226 e. The van der Waals surface area contributed by atoms with Gasteiger partial charge < -0.3 is 10.1 Å². The van der Waals surface area contributed by atoms with Crippen molar-refractivity contribution < 1.29 is 9.53 Å². The molecule has 2 aromatic carbocycles. The average molecular weight is 406 g/mol. The fourth-order valence-corrected chi connectivity index (χ4v) is 3.99. The Morgan fingerprint density at radius 3 is 2.62 bits per heavy atom. The summed E-state index contributed by atoms with van der Waals surface area (Å²) >= 11 is 1.55. The Morgan fingerprint density at radius 2 is 1.90 bits per heavy atom. The molecule has 2 heterocycles. The first-order chi connectivity index (χ1) is 14.1. The minimum absolute atomic E-state index is 0.00147. The number of fused-ring (bicyclic) bond motifs is 1. The SMILES string of the molecule is CCOc1ccc(-c2cn3c(CC(=O)NCc4ccc(C)cc4)csc3n2)cc1. The van der Waals surface area contributed by atoms with E-state index in [1.165, 1.54) is 5.56 Å². The van der Waals surface area contributed by atoms with Gasteiger partial charge in [-0.3, -0.25) is 9.20 Å². The van der Waals surface area contributed by atoms with E-state index in [2.05, 4.69) is 24.4 Å². The molecule has 0 radical (unpaired) electrons. The number of imidazole rings is 1. The van der Waals surface area contributed by atoms with E-state index in [4.69, 9.17) is 9.72 Å². The van der Waals surface area contributed by atoms with Crippen molar-refractivity contribution in [2.45, 2.75) is 26.8 Å². The number of aryl methyl sites for hydroxylation is 1. The zero-order valence-electron chi connectivity index (χ0n) is 16.5. The summed E-state index contributed by atoms with van der Waals surface area (Å²) in [6.07, 6.45) is 2.31. The molecule has 0 bridgehead atoms. The van der Waals surface area contributed by atoms with Crippen LogP contribution in [0.5, 0.6) is 5.75 Å². The van der Waals surface area contributed by atoms with Gasteiger partial charge in [-0.25, -0.2) is 4.98 Å². The number of hydrogen-bond donors (Lipinski definition) is 1. The van der Waals surface area contributed by atoms with Crippen LogP contribution in [0.3, 0.4) is 0 Å². The van der Waals surface area contributed by atoms with E-state index in [0.717, 1.165) is 33.2 Å². The van der Waals surface area contributed by atoms with Crippen LogP contribution in [-0.4, -0.2) is 21.9 Å². The molecule has 0 saturated heterocycles. The molecule has 0 spiro atoms. The van der Waals surface area contributed by atoms with Gasteiger partial charge in [0.15, 0.2) is 4.96 Å². The van der Waals surface area contributed by atoms with Gasteiger partial charge in [0.25, 0.3) is 0 Å². The van der Waals surface area contributed by atoms with Gasteiger partial charge in [-0.1, -0.05) is 29.8 Å². The molecule has 0 fully saturated rings. The molecule has 1 N–H and O–H groups in total. The van der Waals surface area contributed by atoms with Crippen LogP contribution < -0.4 is 10.1 Å². The number of carbonyl (C=O) groups is 1. The lowest BCUT2D eigenvalue weighted by Crippen LogP contribution is -2.24. The highest BCUT2D eigenvalue weighted by atomic mass is 32.1. The molecule has 0 saturated carbocycles. The summed E-state index contributed by atoms with van der Waals surface area (Å²) in [5.74, 6) is 0.852. The number of ether oxygens (including phenoxy) is 1. The Kier molecular flexibility index (Phi) is 5.62. The Bertz CT molecular complexity index is 1110. The van der Waals surface area contributed by atoms with E-state index >= 15 is 0 Å². The summed E-state index contributed by atoms with van der Waals surface area (Å²) in [5.41, 5.74) is 5.17. The molecule has 0 aliphatic heterocycles. The van der Waals surface area contributed by atoms with Gasteiger partial charge in [0.05, 0.1) is 18.7 Å². The molecule has 29 heavy (non-hydrogen) atoms. The lowest BCUT2D eigenvalue weighted by Gasteiger charge is -2.05. The van der Waals surface area contributed by atoms with Crippen LogP contribution >= 0.6 is 11.3 Å². The first-order valence-corrected chi connectivity index (χ1v) is 10.5. The minimum Gasteiger partial charge on any atom is -0.494 e. The van der Waals surface area contributed by atoms with Crippen molar-refractivity contribution in [3.63, 3.8) is 0 Å². The van der Waals surface area contributed by atoms with E-state index in [1.54, 1.807) is 11.3 Å². The van der Waals surface area contributed by atoms with Gasteiger partial charge in [0.2, 0.25) is 5.91 Å². The first-order valence-electron chi connectivity index (χ1n) is 9.63. The second kappa shape index (κ2) is 8.49. The summed E-state index contributed by atoms with van der Waals surface area (Å²) in [4.78, 5) is 18.0. The molecule has 0 atom stereocenters. The maximum absolute atomic E-state index is 12.4. The third-order valence-electron chi connectivity index (χ3n) is 4.70. The predicted molar refractivity (Wildman–Crippen MR) is 116 cm³/mol. The van der Waals surface area contributed by atoms with Gasteiger partial charge in [0.1, 0.15) is 5.75 Å². The molecular weight excluding hydrogens is 382 g/mol. The first kappa shape index (κ1) is 19.2. The van der Waals surface area contributed by atoms with Crippen molar-refractivity contribution in [3.05, 3.63) is 76.9 Å². The topological polar surface area (TPSA) is 55.6 Å². The van der Waals surface area contributed by atoms with E-state index in [9.17, 15) is 4.79 Å². The molecule has 148 valence electrons. The zero-order valence-corrected chi connectivity index (χ0v) is 17.3. The Labute approximate surface area is 174 Å². The van der Waals surface area contributed by atoms with Crippen LogP contribution in [0.1, 0.15) is 23.7 Å². The molecule has 6 heteroatoms. The van der Waals surface area contributed by atoms with Gasteiger partial charge in [-0.15, -0.1) is 11.3 Å². The van der Waals surface area contributed by atoms with E-state index in [-0.39, 0.29) is 5.91 Å². The number of hydrogen-bond acceptors (Lipinski definition) is 4. The fourth-order valence-electron chi connectivity index (χ4n) is 3.12. The van der Waals surface area contributed by atoms with Crippen LogP contribution in [0.15, 0.2) is 60.1 Å². The number of nitrogens with one attached hydrogen (secondary N) is 1. The van der Waals surface area contributed by atoms with Crippen molar-refractivity contribution in [2.24, 2.45) is 0 Å². The monoisotopic (exact) mass is 405 g/mol. The second-order valence-corrected chi connectivity index (χ2v) is 7.74. The number of thiazole rings is 1. The minimum atomic E-state index is 0.00147. The van der Waals surface area contributed by atoms with Crippen molar-refractivity contribution in [2.75, 3.05) is 6.61 Å². The highest BCUT2D eigenvalue weighted by Gasteiger charge is 2.12. The largest absolute Gasteiger partial charge is 0.494 e. The van der Waals surface area contributed by atoms with Crippen LogP contribution in [-0.2, 0) is 17.8 Å². The summed E-state index contributed by atoms with van der Waals surface area (Å²) < 4.78 is 7.50. The Hall–Kier alpha value is -3.12. The third-order valence-corrected chi connectivity index (χ3v) is 5.59. The van der Waals surface area contributed by atoms with Crippen molar-refractivity contribution >= 4 is 22.2 Å². The maximum atomic E-state index is 12.4. The van der Waals surface area contributed by atoms with Crippen LogP contribution in [0.25, 0.3) is 16.2 Å². The number of benzene rings is 2. The molecule has 4 rings (SSSR count). The maximum Gasteiger partial charge on any atom is 0.226 e. The lowest BCUT2D eigenvalue weighted by molar-refractivity contribution is -0.120. The van der Waals surface area contributed by atoms with Crippen molar-refractivity contribution in [1.82, 2.24) is 14.7 Å². The van der Waals surface area contributed by atoms with E-state index < -0.39 is 0 Å². The number of aromatic nitrogens is 2. The fraction of sp³-hybridized carbons (Fsp3) is 0.217. The quantitative estimate of drug-likeness (QED) is 0.488. The van der Waals surface area contributed by atoms with Gasteiger partial charge >= 0.3 is 0 Å². The van der Waals surface area contributed by atoms with E-state index in [1.807, 2.05) is 59.3 Å². The van der Waals surface area contributed by atoms with Crippen LogP contribution in [0.4, 0.5) is 0 Å². The molecular formula is C23H23N3O2S. The molecule has 0 unspecified atom stereocenters. The standard InChI is InChI=1S/C23H23N3O2S/c1-3-28-20-10-8-18(9-11-20)21-14-26-19(15-29-23(26)25-21)12-22(27)24-13-17-6-4-16(2)5-7-17/h4-11,14-15H,3,12-13H2,1-2H3,(H,24,27). The summed E-state index contributed by atoms with van der Waals surface area (Å²) in [5, 5.41) is 4.99. The number of carbonyl (C=O) groups excluding carboxylic acids is 1. The number of rotatable bonds is 7. The van der Waals surface area contributed by atoms with Crippen molar-refractivity contribution in [3.8, 4) is 17.0 Å². The van der Waals surface area contributed by atoms with Gasteiger partial charge in [0, 0.05) is 29.4 Å². The van der Waals surface area contributed by atoms with Crippen molar-refractivity contribution in [1.29, 1.82) is 0 Å². The molecule has 1 amide bonds. The average Bonchev–Trinajstić information content (AvgIpc) is 3.30. The zero-order chi connectivity index (χ0) is 20.2. The van der Waals surface area contributed by atoms with Crippen LogP contribution in [0.2, 0.25) is 0 Å². The third kappa shape index (κ3) is 4.49. The summed E-state index contributed by atoms with van der Waals surface area (Å²) in [7, 11) is 0. The number of amides is 1. The molecule has 0 aliphatic carbocycles. The summed E-state index contributed by atoms with van der Waals surface area (Å²) in [6.45, 7) is 5.20. The normalized spacial score (nSPS) is 11.0. The Morgan fingerprint density at radius 1 is 1.14 bits per heavy atom. The molecule has 0 aliphatic rings. The van der Waals surface area contributed by atoms with Gasteiger partial charge in [-0.05, 0) is 43.7 Å². The predicted octanol–water partition coefficient (Wildman–Crippen LogP) is 4.63. The lowest BCUT2D eigenvalue weighted by atomic mass is 10.1. The highest BCUT2D eigenvalue weighted by Crippen LogP contribution is 2.25. The molecule has 5 nitrogen and oxygen atoms in total. The Balaban J connectivity index is 1.44. The van der Waals surface area contributed by atoms with E-state index in [0.29, 0.717) is 19.6 Å². The van der Waals surface area contributed by atoms with Gasteiger partial charge in [-0.2, -0.15) is 0 Å². The summed E-state index contributed by atoms with van der Waals surface area (Å²) in [6, 6.07) is 16.1. The second-order valence-electron chi connectivity index (χ2n) is 6.90. The highest BCUT2D eigenvalue weighted by molar-refractivity contribution is 7.15. The molecule has 2 aromatic heterocycles. The molecule has 4 aromatic rings.